The van der Waals surface area contributed by atoms with Crippen LogP contribution in [0.5, 0.6) is 0 Å². The molecular weight excluding hydrogens is 481 g/mol. The van der Waals surface area contributed by atoms with E-state index < -0.39 is 41.2 Å². The van der Waals surface area contributed by atoms with Gasteiger partial charge >= 0.3 is 18.2 Å². The third kappa shape index (κ3) is 5.19. The van der Waals surface area contributed by atoms with Crippen molar-refractivity contribution < 1.29 is 32.4 Å². The van der Waals surface area contributed by atoms with E-state index in [0.29, 0.717) is 18.9 Å². The van der Waals surface area contributed by atoms with Gasteiger partial charge in [-0.3, -0.25) is 9.69 Å². The monoisotopic (exact) mass is 506 g/mol. The van der Waals surface area contributed by atoms with Crippen LogP contribution in [0, 0.1) is 0 Å². The molecule has 0 spiro atoms. The fraction of sp³-hybridized carbons (Fsp3) is 0.435. The summed E-state index contributed by atoms with van der Waals surface area (Å²) in [5.74, 6) is -2.22. The van der Waals surface area contributed by atoms with Gasteiger partial charge in [0.15, 0.2) is 0 Å². The topological polar surface area (TPSA) is 131 Å². The number of alkyl halides is 3. The maximum absolute atomic E-state index is 13.2. The highest BCUT2D eigenvalue weighted by atomic mass is 19.4. The van der Waals surface area contributed by atoms with Gasteiger partial charge in [-0.1, -0.05) is 18.9 Å². The highest BCUT2D eigenvalue weighted by Crippen LogP contribution is 2.31. The quantitative estimate of drug-likeness (QED) is 0.607. The second-order valence-corrected chi connectivity index (χ2v) is 9.40. The number of hydrogen-bond acceptors (Lipinski definition) is 7. The molecule has 2 fully saturated rings. The third-order valence-corrected chi connectivity index (χ3v) is 5.99. The molecule has 2 heterocycles. The Balaban J connectivity index is 1.57. The minimum Gasteiger partial charge on any atom is -0.383 e. The Morgan fingerprint density at radius 2 is 1.94 bits per heavy atom. The van der Waals surface area contributed by atoms with Crippen LogP contribution in [0.15, 0.2) is 30.5 Å². The average Bonchev–Trinajstić information content (AvgIpc) is 3.43. The molecule has 1 aromatic carbocycles. The van der Waals surface area contributed by atoms with Crippen LogP contribution in [0.1, 0.15) is 65.8 Å². The van der Waals surface area contributed by atoms with Crippen molar-refractivity contribution >= 4 is 29.7 Å². The number of nitrogens with two attached hydrogens (primary N) is 1. The van der Waals surface area contributed by atoms with Gasteiger partial charge in [-0.25, -0.2) is 14.6 Å². The number of urea groups is 1. The van der Waals surface area contributed by atoms with Gasteiger partial charge in [-0.2, -0.15) is 23.2 Å². The number of anilines is 2. The summed E-state index contributed by atoms with van der Waals surface area (Å²) >= 11 is 0. The smallest absolute Gasteiger partial charge is 0.383 e. The Morgan fingerprint density at radius 3 is 2.53 bits per heavy atom. The first kappa shape index (κ1) is 25.2. The average molecular weight is 506 g/mol. The molecule has 1 aromatic heterocycles. The molecule has 36 heavy (non-hydrogen) atoms. The number of nitrogens with zero attached hydrogens (tertiary/aromatic N) is 4. The molecule has 0 unspecified atom stereocenters. The lowest BCUT2D eigenvalue weighted by atomic mass is 10.1. The molecule has 2 aliphatic rings. The van der Waals surface area contributed by atoms with Gasteiger partial charge in [-0.05, 0) is 44.9 Å². The number of hydrogen-bond donors (Lipinski definition) is 2. The van der Waals surface area contributed by atoms with Gasteiger partial charge < -0.3 is 15.9 Å². The predicted octanol–water partition coefficient (Wildman–Crippen LogP) is 3.54. The van der Waals surface area contributed by atoms with Gasteiger partial charge in [0.2, 0.25) is 5.95 Å². The highest BCUT2D eigenvalue weighted by Gasteiger charge is 2.38. The van der Waals surface area contributed by atoms with Gasteiger partial charge in [-0.15, -0.1) is 0 Å². The summed E-state index contributed by atoms with van der Waals surface area (Å²) in [6.45, 7) is 3.91. The normalized spacial score (nSPS) is 17.7. The fourth-order valence-electron chi connectivity index (χ4n) is 4.21. The largest absolute Gasteiger partial charge is 0.416 e. The van der Waals surface area contributed by atoms with Crippen LogP contribution in [-0.4, -0.2) is 51.1 Å². The van der Waals surface area contributed by atoms with Crippen LogP contribution in [0.2, 0.25) is 0 Å². The molecule has 1 saturated heterocycles. The molecule has 3 N–H and O–H groups in total. The van der Waals surface area contributed by atoms with Crippen LogP contribution < -0.4 is 16.0 Å². The van der Waals surface area contributed by atoms with Crippen molar-refractivity contribution in [3.63, 3.8) is 0 Å². The maximum atomic E-state index is 13.2. The van der Waals surface area contributed by atoms with E-state index in [2.05, 4.69) is 15.3 Å². The lowest BCUT2D eigenvalue weighted by Crippen LogP contribution is -2.41. The fourth-order valence-corrected chi connectivity index (χ4v) is 4.21. The van der Waals surface area contributed by atoms with Crippen LogP contribution in [0.25, 0.3) is 0 Å². The van der Waals surface area contributed by atoms with Gasteiger partial charge in [0, 0.05) is 11.8 Å². The lowest BCUT2D eigenvalue weighted by Gasteiger charge is -2.27. The number of nitrogen functional groups attached to an aromatic ring is 1. The van der Waals surface area contributed by atoms with E-state index >= 15 is 0 Å². The Kier molecular flexibility index (Phi) is 6.50. The SMILES string of the molecule is CC1(C)CN(c2ncc(C(=O)ON(C(=O)c3cccc(C(F)(F)F)c3)C3CCCC3)c(N)n2)C(=O)N1. The molecular formula is C23H25F3N6O4. The van der Waals surface area contributed by atoms with Crippen molar-refractivity contribution in [2.75, 3.05) is 17.2 Å². The summed E-state index contributed by atoms with van der Waals surface area (Å²) in [4.78, 5) is 53.0. The van der Waals surface area contributed by atoms with E-state index in [1.807, 2.05) is 13.8 Å². The number of nitrogens with one attached hydrogen (secondary N) is 1. The number of halogens is 3. The summed E-state index contributed by atoms with van der Waals surface area (Å²) in [6, 6.07) is 2.98. The van der Waals surface area contributed by atoms with Crippen LogP contribution in [0.4, 0.5) is 29.7 Å². The number of aromatic nitrogens is 2. The number of hydroxylamine groups is 2. The van der Waals surface area contributed by atoms with Gasteiger partial charge in [0.1, 0.15) is 11.4 Å². The summed E-state index contributed by atoms with van der Waals surface area (Å²) in [6.07, 6.45) is -0.989. The zero-order chi connectivity index (χ0) is 26.3. The Hall–Kier alpha value is -3.90. The van der Waals surface area contributed by atoms with Gasteiger partial charge in [0.25, 0.3) is 5.91 Å². The second-order valence-electron chi connectivity index (χ2n) is 9.40. The van der Waals surface area contributed by atoms with Crippen molar-refractivity contribution in [2.45, 2.75) is 57.3 Å². The van der Waals surface area contributed by atoms with Crippen LogP contribution >= 0.6 is 0 Å². The maximum Gasteiger partial charge on any atom is 0.416 e. The van der Waals surface area contributed by atoms with Gasteiger partial charge in [0.05, 0.1) is 23.7 Å². The minimum atomic E-state index is -4.64. The minimum absolute atomic E-state index is 0.0141. The van der Waals surface area contributed by atoms with Crippen molar-refractivity contribution in [3.8, 4) is 0 Å². The predicted molar refractivity (Wildman–Crippen MR) is 122 cm³/mol. The standard InChI is InChI=1S/C23H25F3N6O4/c1-22(2)12-31(21(35)30-22)20-28-11-16(17(27)29-20)19(34)36-32(15-8-3-4-9-15)18(33)13-6-5-7-14(10-13)23(24,25)26/h5-7,10-11,15H,3-4,8-9,12H2,1-2H3,(H,30,35)(H2,27,28,29). The molecule has 10 nitrogen and oxygen atoms in total. The Morgan fingerprint density at radius 1 is 1.25 bits per heavy atom. The summed E-state index contributed by atoms with van der Waals surface area (Å²) in [5.41, 5.74) is 3.92. The second kappa shape index (κ2) is 9.28. The van der Waals surface area contributed by atoms with E-state index in [-0.39, 0.29) is 29.4 Å². The molecule has 3 amide bonds. The first-order valence-electron chi connectivity index (χ1n) is 11.3. The van der Waals surface area contributed by atoms with Crippen LogP contribution in [0.3, 0.4) is 0 Å². The Bertz CT molecular complexity index is 1200. The molecule has 1 aliphatic carbocycles. The van der Waals surface area contributed by atoms with Crippen molar-refractivity contribution in [1.82, 2.24) is 20.3 Å². The highest BCUT2D eigenvalue weighted by molar-refractivity contribution is 5.98. The van der Waals surface area contributed by atoms with Crippen molar-refractivity contribution in [1.29, 1.82) is 0 Å². The molecule has 13 heteroatoms. The zero-order valence-electron chi connectivity index (χ0n) is 19.6. The molecule has 192 valence electrons. The molecule has 1 saturated carbocycles. The lowest BCUT2D eigenvalue weighted by molar-refractivity contribution is -0.137. The van der Waals surface area contributed by atoms with E-state index in [1.54, 1.807) is 0 Å². The number of amides is 3. The molecule has 4 rings (SSSR count). The number of benzene rings is 1. The number of carbonyl (C=O) groups is 3. The zero-order valence-corrected chi connectivity index (χ0v) is 19.6. The molecule has 2 aromatic rings. The number of carbonyl (C=O) groups excluding carboxylic acids is 3. The van der Waals surface area contributed by atoms with E-state index in [9.17, 15) is 27.6 Å². The third-order valence-electron chi connectivity index (χ3n) is 5.99. The number of rotatable bonds is 4. The summed E-state index contributed by atoms with van der Waals surface area (Å²) in [7, 11) is 0. The first-order valence-corrected chi connectivity index (χ1v) is 11.3. The first-order chi connectivity index (χ1) is 16.9. The molecule has 0 atom stereocenters. The van der Waals surface area contributed by atoms with E-state index in [1.165, 1.54) is 11.0 Å². The van der Waals surface area contributed by atoms with E-state index in [4.69, 9.17) is 10.6 Å². The summed E-state index contributed by atoms with van der Waals surface area (Å²) in [5, 5.41) is 3.57. The molecule has 0 radical (unpaired) electrons. The molecule has 1 aliphatic heterocycles. The van der Waals surface area contributed by atoms with Crippen LogP contribution in [-0.2, 0) is 11.0 Å². The van der Waals surface area contributed by atoms with Crippen molar-refractivity contribution in [3.05, 3.63) is 47.2 Å². The summed E-state index contributed by atoms with van der Waals surface area (Å²) < 4.78 is 39.5. The Labute approximate surface area is 204 Å². The molecule has 0 bridgehead atoms. The van der Waals surface area contributed by atoms with E-state index in [0.717, 1.165) is 36.2 Å². The van der Waals surface area contributed by atoms with Crippen molar-refractivity contribution in [2.24, 2.45) is 0 Å².